The summed E-state index contributed by atoms with van der Waals surface area (Å²) in [6.07, 6.45) is -3.01. The van der Waals surface area contributed by atoms with Gasteiger partial charge in [-0.2, -0.15) is 13.2 Å². The van der Waals surface area contributed by atoms with E-state index in [9.17, 15) is 13.2 Å². The fourth-order valence-corrected chi connectivity index (χ4v) is 1.02. The third-order valence-corrected chi connectivity index (χ3v) is 1.67. The van der Waals surface area contributed by atoms with Gasteiger partial charge in [0.1, 0.15) is 0 Å². The Morgan fingerprint density at radius 1 is 1.50 bits per heavy atom. The van der Waals surface area contributed by atoms with Gasteiger partial charge in [-0.1, -0.05) is 0 Å². The van der Waals surface area contributed by atoms with E-state index in [-0.39, 0.29) is 11.6 Å². The number of rotatable bonds is 2. The summed E-state index contributed by atoms with van der Waals surface area (Å²) in [7, 11) is 0. The van der Waals surface area contributed by atoms with Crippen molar-refractivity contribution in [3.05, 3.63) is 16.7 Å². The Bertz CT molecular complexity index is 329. The molecule has 0 aliphatic carbocycles. The molecule has 14 heavy (non-hydrogen) atoms. The molecule has 3 nitrogen and oxygen atoms in total. The van der Waals surface area contributed by atoms with Gasteiger partial charge >= 0.3 is 6.18 Å². The molecule has 0 bridgehead atoms. The summed E-state index contributed by atoms with van der Waals surface area (Å²) in [4.78, 5) is 3.62. The minimum Gasteiger partial charge on any atom is -0.480 e. The number of anilines is 1. The van der Waals surface area contributed by atoms with Crippen molar-refractivity contribution < 1.29 is 17.9 Å². The molecule has 0 aromatic carbocycles. The molecule has 0 fully saturated rings. The van der Waals surface area contributed by atoms with Gasteiger partial charge in [0.25, 0.3) is 0 Å². The van der Waals surface area contributed by atoms with Crippen molar-refractivity contribution in [2.45, 2.75) is 6.18 Å². The van der Waals surface area contributed by atoms with Crippen LogP contribution in [0.5, 0.6) is 5.75 Å². The highest BCUT2D eigenvalue weighted by atomic mass is 79.9. The number of nitrogen functional groups attached to an aromatic ring is 1. The first kappa shape index (κ1) is 11.1. The Morgan fingerprint density at radius 2 is 2.14 bits per heavy atom. The summed E-state index contributed by atoms with van der Waals surface area (Å²) in [6.45, 7) is -1.38. The SMILES string of the molecule is Nc1ncc(Br)cc1OCC(F)(F)F. The molecule has 0 saturated heterocycles. The van der Waals surface area contributed by atoms with Gasteiger partial charge in [-0.3, -0.25) is 0 Å². The fourth-order valence-electron chi connectivity index (χ4n) is 0.706. The molecule has 1 rings (SSSR count). The molecule has 0 aliphatic rings. The standard InChI is InChI=1S/C7H6BrF3N2O/c8-4-1-5(6(12)13-2-4)14-3-7(9,10)11/h1-2H,3H2,(H2,12,13). The van der Waals surface area contributed by atoms with E-state index < -0.39 is 12.8 Å². The molecular formula is C7H6BrF3N2O. The Kier molecular flexibility index (Phi) is 3.20. The highest BCUT2D eigenvalue weighted by Gasteiger charge is 2.28. The Balaban J connectivity index is 2.72. The number of nitrogens with zero attached hydrogens (tertiary/aromatic N) is 1. The first-order chi connectivity index (χ1) is 6.38. The van der Waals surface area contributed by atoms with Gasteiger partial charge in [0, 0.05) is 10.7 Å². The molecule has 0 aliphatic heterocycles. The van der Waals surface area contributed by atoms with Crippen LogP contribution in [-0.2, 0) is 0 Å². The summed E-state index contributed by atoms with van der Waals surface area (Å²) in [5, 5.41) is 0. The molecule has 0 radical (unpaired) electrons. The number of ether oxygens (including phenoxy) is 1. The second-order valence-corrected chi connectivity index (χ2v) is 3.36. The molecular weight excluding hydrogens is 265 g/mol. The van der Waals surface area contributed by atoms with E-state index in [0.717, 1.165) is 0 Å². The van der Waals surface area contributed by atoms with Crippen LogP contribution in [0.4, 0.5) is 19.0 Å². The van der Waals surface area contributed by atoms with Gasteiger partial charge in [0.15, 0.2) is 18.2 Å². The van der Waals surface area contributed by atoms with Crippen LogP contribution in [0.15, 0.2) is 16.7 Å². The highest BCUT2D eigenvalue weighted by Crippen LogP contribution is 2.25. The maximum atomic E-state index is 11.8. The van der Waals surface area contributed by atoms with Crippen molar-refractivity contribution in [1.82, 2.24) is 4.98 Å². The topological polar surface area (TPSA) is 48.1 Å². The quantitative estimate of drug-likeness (QED) is 0.898. The monoisotopic (exact) mass is 270 g/mol. The lowest BCUT2D eigenvalue weighted by atomic mass is 10.4. The zero-order chi connectivity index (χ0) is 10.8. The lowest BCUT2D eigenvalue weighted by Gasteiger charge is -2.10. The molecule has 0 unspecified atom stereocenters. The second-order valence-electron chi connectivity index (χ2n) is 2.44. The predicted molar refractivity (Wildman–Crippen MR) is 47.9 cm³/mol. The third-order valence-electron chi connectivity index (χ3n) is 1.24. The van der Waals surface area contributed by atoms with Crippen molar-refractivity contribution in [3.8, 4) is 5.75 Å². The van der Waals surface area contributed by atoms with Crippen LogP contribution in [0.3, 0.4) is 0 Å². The normalized spacial score (nSPS) is 11.4. The average Bonchev–Trinajstić information content (AvgIpc) is 2.05. The van der Waals surface area contributed by atoms with E-state index >= 15 is 0 Å². The second kappa shape index (κ2) is 4.04. The average molecular weight is 271 g/mol. The Labute approximate surface area is 86.2 Å². The van der Waals surface area contributed by atoms with E-state index in [4.69, 9.17) is 5.73 Å². The van der Waals surface area contributed by atoms with E-state index in [1.165, 1.54) is 12.3 Å². The molecule has 0 spiro atoms. The molecule has 1 aromatic rings. The van der Waals surface area contributed by atoms with Crippen LogP contribution in [0.1, 0.15) is 0 Å². The fraction of sp³-hybridized carbons (Fsp3) is 0.286. The minimum atomic E-state index is -4.38. The Hall–Kier alpha value is -0.980. The molecule has 0 saturated carbocycles. The highest BCUT2D eigenvalue weighted by molar-refractivity contribution is 9.10. The van der Waals surface area contributed by atoms with Crippen molar-refractivity contribution in [1.29, 1.82) is 0 Å². The first-order valence-electron chi connectivity index (χ1n) is 3.49. The zero-order valence-corrected chi connectivity index (χ0v) is 8.39. The number of hydrogen-bond acceptors (Lipinski definition) is 3. The minimum absolute atomic E-state index is 0.0718. The van der Waals surface area contributed by atoms with Crippen LogP contribution in [-0.4, -0.2) is 17.8 Å². The van der Waals surface area contributed by atoms with E-state index in [0.29, 0.717) is 4.47 Å². The number of alkyl halides is 3. The van der Waals surface area contributed by atoms with Crippen LogP contribution in [0.25, 0.3) is 0 Å². The number of hydrogen-bond donors (Lipinski definition) is 1. The van der Waals surface area contributed by atoms with Crippen LogP contribution in [0.2, 0.25) is 0 Å². The maximum absolute atomic E-state index is 11.8. The number of halogens is 4. The zero-order valence-electron chi connectivity index (χ0n) is 6.81. The van der Waals surface area contributed by atoms with E-state index in [2.05, 4.69) is 25.7 Å². The van der Waals surface area contributed by atoms with E-state index in [1.807, 2.05) is 0 Å². The van der Waals surface area contributed by atoms with Crippen molar-refractivity contribution in [2.24, 2.45) is 0 Å². The molecule has 78 valence electrons. The Morgan fingerprint density at radius 3 is 2.71 bits per heavy atom. The van der Waals surface area contributed by atoms with Gasteiger partial charge < -0.3 is 10.5 Å². The van der Waals surface area contributed by atoms with Crippen molar-refractivity contribution in [3.63, 3.8) is 0 Å². The molecule has 0 amide bonds. The van der Waals surface area contributed by atoms with Gasteiger partial charge in [0.05, 0.1) is 0 Å². The van der Waals surface area contributed by atoms with Crippen LogP contribution >= 0.6 is 15.9 Å². The van der Waals surface area contributed by atoms with Crippen LogP contribution in [0, 0.1) is 0 Å². The molecule has 7 heteroatoms. The molecule has 1 heterocycles. The molecule has 0 atom stereocenters. The lowest BCUT2D eigenvalue weighted by molar-refractivity contribution is -0.153. The molecule has 1 aromatic heterocycles. The van der Waals surface area contributed by atoms with Gasteiger partial charge in [0.2, 0.25) is 0 Å². The predicted octanol–water partition coefficient (Wildman–Crippen LogP) is 2.37. The van der Waals surface area contributed by atoms with Crippen molar-refractivity contribution in [2.75, 3.05) is 12.3 Å². The van der Waals surface area contributed by atoms with Gasteiger partial charge in [-0.25, -0.2) is 4.98 Å². The summed E-state index contributed by atoms with van der Waals surface area (Å²) in [6, 6.07) is 1.33. The summed E-state index contributed by atoms with van der Waals surface area (Å²) in [5.41, 5.74) is 5.29. The summed E-state index contributed by atoms with van der Waals surface area (Å²) in [5.74, 6) is -0.158. The summed E-state index contributed by atoms with van der Waals surface area (Å²) < 4.78 is 40.3. The van der Waals surface area contributed by atoms with E-state index in [1.54, 1.807) is 0 Å². The van der Waals surface area contributed by atoms with Crippen LogP contribution < -0.4 is 10.5 Å². The largest absolute Gasteiger partial charge is 0.480 e. The number of nitrogens with two attached hydrogens (primary N) is 1. The first-order valence-corrected chi connectivity index (χ1v) is 4.28. The van der Waals surface area contributed by atoms with Gasteiger partial charge in [-0.05, 0) is 22.0 Å². The maximum Gasteiger partial charge on any atom is 0.422 e. The molecule has 2 N–H and O–H groups in total. The smallest absolute Gasteiger partial charge is 0.422 e. The van der Waals surface area contributed by atoms with Gasteiger partial charge in [-0.15, -0.1) is 0 Å². The van der Waals surface area contributed by atoms with Crippen molar-refractivity contribution >= 4 is 21.7 Å². The third kappa shape index (κ3) is 3.41. The number of aromatic nitrogens is 1. The summed E-state index contributed by atoms with van der Waals surface area (Å²) >= 11 is 3.04. The lowest BCUT2D eigenvalue weighted by Crippen LogP contribution is -2.19. The number of pyridine rings is 1.